The number of hydrogen-bond donors (Lipinski definition) is 6. The van der Waals surface area contributed by atoms with Crippen LogP contribution in [0.1, 0.15) is 332 Å². The number of nitrogens with one attached hydrogen (secondary N) is 1. The predicted octanol–water partition coefficient (Wildman–Crippen LogP) is 19.4. The summed E-state index contributed by atoms with van der Waals surface area (Å²) in [7, 11) is 0. The summed E-state index contributed by atoms with van der Waals surface area (Å²) in [5.41, 5.74) is 21.3. The molecule has 6 aliphatic carbocycles. The number of piperazine rings is 1. The van der Waals surface area contributed by atoms with E-state index in [4.69, 9.17) is 9.47 Å². The Hall–Kier alpha value is -8.72. The molecule has 139 heavy (non-hydrogen) atoms. The van der Waals surface area contributed by atoms with Crippen molar-refractivity contribution in [2.75, 3.05) is 144 Å². The average Bonchev–Trinajstić information content (AvgIpc) is 1.74. The molecule has 4 bridgehead atoms. The fourth-order valence-corrected chi connectivity index (χ4v) is 23.4. The second kappa shape index (κ2) is 43.4. The largest absolute Gasteiger partial charge is 0.393 e. The van der Waals surface area contributed by atoms with Gasteiger partial charge in [-0.2, -0.15) is 0 Å². The highest BCUT2D eigenvalue weighted by Gasteiger charge is 2.56. The van der Waals surface area contributed by atoms with E-state index in [9.17, 15) is 25.5 Å². The van der Waals surface area contributed by atoms with Crippen LogP contribution in [0.2, 0.25) is 0 Å². The van der Waals surface area contributed by atoms with E-state index in [-0.39, 0.29) is 30.5 Å². The second-order valence-corrected chi connectivity index (χ2v) is 47.1. The Morgan fingerprint density at radius 3 is 0.806 bits per heavy atom. The maximum Gasteiger partial charge on any atom is 0.0716 e. The van der Waals surface area contributed by atoms with Crippen LogP contribution in [0.15, 0.2) is 147 Å². The molecule has 16 aliphatic rings. The maximum atomic E-state index is 10.0. The highest BCUT2D eigenvalue weighted by molar-refractivity contribution is 5.57. The third kappa shape index (κ3) is 24.3. The van der Waals surface area contributed by atoms with Crippen molar-refractivity contribution in [2.24, 2.45) is 22.7 Å². The summed E-state index contributed by atoms with van der Waals surface area (Å²) >= 11 is 0. The smallest absolute Gasteiger partial charge is 0.0716 e. The molecule has 754 valence electrons. The van der Waals surface area contributed by atoms with Crippen LogP contribution < -0.4 is 44.5 Å². The van der Waals surface area contributed by atoms with Gasteiger partial charge in [0, 0.05) is 170 Å². The molecule has 5 unspecified atom stereocenters. The van der Waals surface area contributed by atoms with Gasteiger partial charge >= 0.3 is 0 Å². The lowest BCUT2D eigenvalue weighted by atomic mass is 9.62. The number of morpholine rings is 1. The molecule has 7 atom stereocenters. The molecule has 6 saturated carbocycles. The van der Waals surface area contributed by atoms with Crippen molar-refractivity contribution in [3.05, 3.63) is 192 Å². The highest BCUT2D eigenvalue weighted by atomic mass is 16.5. The van der Waals surface area contributed by atoms with Gasteiger partial charge in [-0.15, -0.1) is 0 Å². The number of aliphatic hydroxyl groups excluding tert-OH is 5. The van der Waals surface area contributed by atoms with Crippen molar-refractivity contribution in [1.29, 1.82) is 0 Å². The zero-order valence-corrected chi connectivity index (χ0v) is 86.8. The number of ether oxygens (including phenoxy) is 2. The Balaban J connectivity index is 0.000000110. The minimum atomic E-state index is -0.180. The number of aliphatic hydroxyl groups is 5. The van der Waals surface area contributed by atoms with Gasteiger partial charge in [0.15, 0.2) is 0 Å². The van der Waals surface area contributed by atoms with E-state index in [0.717, 1.165) is 185 Å². The van der Waals surface area contributed by atoms with Crippen molar-refractivity contribution in [3.8, 4) is 0 Å². The second-order valence-electron chi connectivity index (χ2n) is 47.1. The average molecular weight is 1900 g/mol. The number of nitrogens with zero attached hydrogens (tertiary/aromatic N) is 16. The zero-order valence-electron chi connectivity index (χ0n) is 86.8. The van der Waals surface area contributed by atoms with E-state index in [1.54, 1.807) is 0 Å². The Morgan fingerprint density at radius 2 is 0.547 bits per heavy atom. The van der Waals surface area contributed by atoms with Gasteiger partial charge in [-0.25, -0.2) is 0 Å². The van der Waals surface area contributed by atoms with E-state index in [2.05, 4.69) is 292 Å². The first-order chi connectivity index (χ1) is 66.7. The third-order valence-corrected chi connectivity index (χ3v) is 33.3. The number of anilines is 8. The number of piperidine rings is 4. The lowest BCUT2D eigenvalue weighted by Crippen LogP contribution is -2.66. The zero-order chi connectivity index (χ0) is 97.9. The van der Waals surface area contributed by atoms with Gasteiger partial charge in [0.25, 0.3) is 0 Å². The van der Waals surface area contributed by atoms with Gasteiger partial charge < -0.3 is 79.5 Å². The minimum absolute atomic E-state index is 0.0430. The van der Waals surface area contributed by atoms with Crippen molar-refractivity contribution >= 4 is 45.5 Å². The summed E-state index contributed by atoms with van der Waals surface area (Å²) in [5.74, 6) is 4.86. The molecule has 16 fully saturated rings. The number of β-amino-alcohol motifs (C(OH)–C–C–N with tert-alkyl or cyclic N) is 3. The molecule has 0 amide bonds. The Bertz CT molecular complexity index is 4960. The molecule has 10 saturated heterocycles. The number of rotatable bonds is 16. The first kappa shape index (κ1) is 102. The van der Waals surface area contributed by atoms with E-state index in [1.807, 2.05) is 49.6 Å². The minimum Gasteiger partial charge on any atom is -0.393 e. The van der Waals surface area contributed by atoms with Gasteiger partial charge in [-0.3, -0.25) is 39.9 Å². The van der Waals surface area contributed by atoms with Crippen LogP contribution in [0.3, 0.4) is 0 Å². The van der Waals surface area contributed by atoms with E-state index in [0.29, 0.717) is 104 Å². The van der Waals surface area contributed by atoms with Gasteiger partial charge in [0.05, 0.1) is 163 Å². The van der Waals surface area contributed by atoms with Crippen molar-refractivity contribution in [1.82, 2.24) is 45.2 Å². The SMILES string of the molecule is CC(C)c1ccc(N2CC(O)CCC23CC3)cn1.CC(C)c1ccc(N2CC3(CC(O)C3)C2)cn1.CC(C)c1ccc(N2CC3(COC3)C2)cn1.CC(C)c1ccc(N2CC3CCC(C2)C3O)cn1.CC(C)c1ccc(N2CC3CCC(C2)N3)cn1.CC(C)c1ccc(N2CCOCC23CC3)cn1.CC(C)c1ccc(N2C[C@@H](O)CCC23CC3)cn1.CC(C)c1ccc(N2C[C@H](O)CCC23CC3)cn1. The molecular weight excluding hydrogens is 1730 g/mol. The molecular formula is C115H167N17O7. The number of pyridine rings is 8. The fourth-order valence-electron chi connectivity index (χ4n) is 23.4. The van der Waals surface area contributed by atoms with Crippen LogP contribution in [-0.4, -0.2) is 235 Å². The van der Waals surface area contributed by atoms with E-state index in [1.165, 1.54) is 140 Å². The van der Waals surface area contributed by atoms with Gasteiger partial charge in [0.1, 0.15) is 0 Å². The number of aromatic nitrogens is 8. The van der Waals surface area contributed by atoms with Crippen LogP contribution in [0.4, 0.5) is 45.5 Å². The standard InChI is InChI=1S/4C15H22N2O.C14H21N3.2C14H20N2O.C13H18N2O/c1-10(2)14-6-5-13(7-16-14)17-8-11-3-4-12(9-17)15(11)18;3*1-11(2)14-4-3-12(9-16-14)17-10-13(18)5-6-15(17)7-8-15;1-10(2)14-6-5-13(7-15-14)17-8-11-3-4-12(9-17)16-11;1-10(2)13-4-3-11(7-15-13)16-8-14(9-16)5-12(17)6-14;1-11(2)13-4-3-12(9-15-13)16-7-8-17-10-14(16)5-6-14;1-10(2)12-4-3-11(5-14-12)15-6-13(7-15)8-16-9-13/h5-7,10-12,15,18H,3-4,8-9H2,1-2H3;3*3-4,9,11,13,18H,5-8,10H2,1-2H3;5-7,10-12,16H,3-4,8-9H2,1-2H3;3-4,7,10,12,17H,5-6,8-9H2,1-2H3;3-4,9,11H,5-8,10H2,1-2H3;3-5,10H,6-9H2,1-2H3/t;2*13-;;;;;/m.10...../s1. The van der Waals surface area contributed by atoms with Gasteiger partial charge in [0.2, 0.25) is 0 Å². The summed E-state index contributed by atoms with van der Waals surface area (Å²) in [6.07, 6.45) is 38.7. The monoisotopic (exact) mass is 1900 g/mol. The molecule has 8 aromatic rings. The predicted molar refractivity (Wildman–Crippen MR) is 562 cm³/mol. The molecule has 24 rings (SSSR count). The van der Waals surface area contributed by atoms with Crippen LogP contribution in [0.5, 0.6) is 0 Å². The van der Waals surface area contributed by atoms with Crippen molar-refractivity contribution in [2.45, 2.75) is 351 Å². The Morgan fingerprint density at radius 1 is 0.273 bits per heavy atom. The molecule has 0 aromatic carbocycles. The van der Waals surface area contributed by atoms with Crippen molar-refractivity contribution < 1.29 is 35.0 Å². The lowest BCUT2D eigenvalue weighted by Gasteiger charge is -2.58. The molecule has 6 N–H and O–H groups in total. The summed E-state index contributed by atoms with van der Waals surface area (Å²) in [4.78, 5) is 55.6. The Labute approximate surface area is 831 Å². The third-order valence-electron chi connectivity index (χ3n) is 33.3. The van der Waals surface area contributed by atoms with Crippen LogP contribution in [0.25, 0.3) is 0 Å². The summed E-state index contributed by atoms with van der Waals surface area (Å²) in [6, 6.07) is 36.0. The molecule has 8 aromatic heterocycles. The highest BCUT2D eigenvalue weighted by Crippen LogP contribution is 2.55. The van der Waals surface area contributed by atoms with Crippen molar-refractivity contribution in [3.63, 3.8) is 0 Å². The lowest BCUT2D eigenvalue weighted by molar-refractivity contribution is -0.127. The molecule has 0 radical (unpaired) electrons. The van der Waals surface area contributed by atoms with Gasteiger partial charge in [-0.05, 0) is 273 Å². The molecule has 24 heteroatoms. The summed E-state index contributed by atoms with van der Waals surface area (Å²) in [5, 5.41) is 52.7. The molecule has 18 heterocycles. The summed E-state index contributed by atoms with van der Waals surface area (Å²) < 4.78 is 10.9. The molecule has 10 aliphatic heterocycles. The normalized spacial score (nSPS) is 25.5. The molecule has 24 nitrogen and oxygen atoms in total. The van der Waals surface area contributed by atoms with Crippen LogP contribution in [0, 0.1) is 22.7 Å². The first-order valence-corrected chi connectivity index (χ1v) is 53.8. The number of hydrogen-bond acceptors (Lipinski definition) is 24. The van der Waals surface area contributed by atoms with E-state index >= 15 is 0 Å². The van der Waals surface area contributed by atoms with Gasteiger partial charge in [-0.1, -0.05) is 111 Å². The first-order valence-electron chi connectivity index (χ1n) is 53.8. The number of fused-ring (bicyclic) bond motifs is 4. The maximum absolute atomic E-state index is 10.0. The topological polar surface area (TPSA) is 261 Å². The Kier molecular flexibility index (Phi) is 31.8. The summed E-state index contributed by atoms with van der Waals surface area (Å²) in [6.45, 7) is 50.3. The van der Waals surface area contributed by atoms with Crippen LogP contribution in [-0.2, 0) is 9.47 Å². The van der Waals surface area contributed by atoms with E-state index < -0.39 is 0 Å². The van der Waals surface area contributed by atoms with Crippen LogP contribution >= 0.6 is 0 Å². The molecule has 6 spiro atoms. The quantitative estimate of drug-likeness (QED) is 0.0525. The fraction of sp³-hybridized carbons (Fsp3) is 0.652.